The van der Waals surface area contributed by atoms with Crippen LogP contribution >= 0.6 is 0 Å². The average molecular weight is 268 g/mol. The van der Waals surface area contributed by atoms with Crippen LogP contribution in [-0.4, -0.2) is 49.7 Å². The Morgan fingerprint density at radius 1 is 1.37 bits per heavy atom. The van der Waals surface area contributed by atoms with Gasteiger partial charge in [0.15, 0.2) is 0 Å². The van der Waals surface area contributed by atoms with Crippen LogP contribution in [0.15, 0.2) is 0 Å². The molecule has 19 heavy (non-hydrogen) atoms. The Kier molecular flexibility index (Phi) is 4.85. The Morgan fingerprint density at radius 2 is 2.05 bits per heavy atom. The minimum Gasteiger partial charge on any atom is -0.375 e. The van der Waals surface area contributed by atoms with Gasteiger partial charge in [0.1, 0.15) is 0 Å². The standard InChI is InChI=1S/C15H28N2O2/c1-15(2)6-4-12(5-7-15)17(3)14(18)10-13-11-16-8-9-19-13/h12-13,16H,4-11H2,1-3H3. The van der Waals surface area contributed by atoms with Crippen LogP contribution in [0.5, 0.6) is 0 Å². The summed E-state index contributed by atoms with van der Waals surface area (Å²) in [6.45, 7) is 7.08. The summed E-state index contributed by atoms with van der Waals surface area (Å²) in [5, 5.41) is 3.27. The van der Waals surface area contributed by atoms with Crippen molar-refractivity contribution in [1.82, 2.24) is 10.2 Å². The first-order valence-corrected chi connectivity index (χ1v) is 7.56. The number of carbonyl (C=O) groups is 1. The van der Waals surface area contributed by atoms with Crippen molar-refractivity contribution in [1.29, 1.82) is 0 Å². The number of rotatable bonds is 3. The lowest BCUT2D eigenvalue weighted by Gasteiger charge is -2.39. The van der Waals surface area contributed by atoms with Crippen LogP contribution in [0.25, 0.3) is 0 Å². The van der Waals surface area contributed by atoms with E-state index in [0.29, 0.717) is 17.9 Å². The van der Waals surface area contributed by atoms with E-state index >= 15 is 0 Å². The van der Waals surface area contributed by atoms with Gasteiger partial charge < -0.3 is 15.0 Å². The zero-order valence-corrected chi connectivity index (χ0v) is 12.6. The maximum atomic E-state index is 12.3. The third-order valence-electron chi connectivity index (χ3n) is 4.66. The van der Waals surface area contributed by atoms with Gasteiger partial charge in [-0.2, -0.15) is 0 Å². The molecule has 2 fully saturated rings. The number of hydrogen-bond donors (Lipinski definition) is 1. The number of nitrogens with one attached hydrogen (secondary N) is 1. The van der Waals surface area contributed by atoms with Crippen molar-refractivity contribution in [3.05, 3.63) is 0 Å². The molecule has 0 aromatic rings. The summed E-state index contributed by atoms with van der Waals surface area (Å²) >= 11 is 0. The van der Waals surface area contributed by atoms with E-state index in [1.807, 2.05) is 11.9 Å². The second-order valence-corrected chi connectivity index (χ2v) is 6.80. The highest BCUT2D eigenvalue weighted by molar-refractivity contribution is 5.76. The maximum absolute atomic E-state index is 12.3. The molecule has 1 aliphatic heterocycles. The van der Waals surface area contributed by atoms with E-state index in [0.717, 1.165) is 32.5 Å². The Balaban J connectivity index is 1.78. The first kappa shape index (κ1) is 14.8. The fourth-order valence-corrected chi connectivity index (χ4v) is 3.06. The molecular weight excluding hydrogens is 240 g/mol. The van der Waals surface area contributed by atoms with Crippen LogP contribution in [0.2, 0.25) is 0 Å². The lowest BCUT2D eigenvalue weighted by atomic mass is 9.75. The van der Waals surface area contributed by atoms with Gasteiger partial charge in [-0.15, -0.1) is 0 Å². The van der Waals surface area contributed by atoms with Gasteiger partial charge in [-0.25, -0.2) is 0 Å². The van der Waals surface area contributed by atoms with Crippen molar-refractivity contribution in [2.45, 2.75) is 58.1 Å². The second-order valence-electron chi connectivity index (χ2n) is 6.80. The van der Waals surface area contributed by atoms with Crippen LogP contribution in [0.1, 0.15) is 46.0 Å². The molecule has 1 saturated carbocycles. The monoisotopic (exact) mass is 268 g/mol. The van der Waals surface area contributed by atoms with E-state index in [2.05, 4.69) is 19.2 Å². The molecule has 1 saturated heterocycles. The van der Waals surface area contributed by atoms with Crippen LogP contribution in [0, 0.1) is 5.41 Å². The minimum absolute atomic E-state index is 0.0590. The number of nitrogens with zero attached hydrogens (tertiary/aromatic N) is 1. The normalized spacial score (nSPS) is 28.1. The van der Waals surface area contributed by atoms with Crippen molar-refractivity contribution in [2.24, 2.45) is 5.41 Å². The Hall–Kier alpha value is -0.610. The smallest absolute Gasteiger partial charge is 0.225 e. The van der Waals surface area contributed by atoms with E-state index in [4.69, 9.17) is 4.74 Å². The molecule has 2 aliphatic rings. The van der Waals surface area contributed by atoms with Crippen LogP contribution < -0.4 is 5.32 Å². The molecule has 1 N–H and O–H groups in total. The molecule has 1 atom stereocenters. The molecule has 2 rings (SSSR count). The molecule has 1 amide bonds. The molecule has 0 bridgehead atoms. The van der Waals surface area contributed by atoms with Crippen molar-refractivity contribution in [3.63, 3.8) is 0 Å². The second kappa shape index (κ2) is 6.23. The number of amides is 1. The summed E-state index contributed by atoms with van der Waals surface area (Å²) in [7, 11) is 1.96. The number of hydrogen-bond acceptors (Lipinski definition) is 3. The van der Waals surface area contributed by atoms with Crippen molar-refractivity contribution >= 4 is 5.91 Å². The van der Waals surface area contributed by atoms with Crippen molar-refractivity contribution in [3.8, 4) is 0 Å². The van der Waals surface area contributed by atoms with Gasteiger partial charge in [0.05, 0.1) is 19.1 Å². The van der Waals surface area contributed by atoms with E-state index in [9.17, 15) is 4.79 Å². The summed E-state index contributed by atoms with van der Waals surface area (Å²) in [5.41, 5.74) is 0.455. The molecule has 110 valence electrons. The summed E-state index contributed by atoms with van der Waals surface area (Å²) in [4.78, 5) is 14.3. The summed E-state index contributed by atoms with van der Waals surface area (Å²) in [5.74, 6) is 0.235. The third kappa shape index (κ3) is 4.18. The van der Waals surface area contributed by atoms with Gasteiger partial charge in [-0.05, 0) is 31.1 Å². The Labute approximate surface area is 116 Å². The van der Waals surface area contributed by atoms with E-state index in [1.165, 1.54) is 12.8 Å². The molecule has 0 aromatic heterocycles. The molecule has 1 unspecified atom stereocenters. The predicted octanol–water partition coefficient (Wildman–Crippen LogP) is 1.79. The summed E-state index contributed by atoms with van der Waals surface area (Å²) in [6, 6.07) is 0.428. The quantitative estimate of drug-likeness (QED) is 0.848. The first-order valence-electron chi connectivity index (χ1n) is 7.56. The van der Waals surface area contributed by atoms with Crippen LogP contribution in [0.4, 0.5) is 0 Å². The lowest BCUT2D eigenvalue weighted by Crippen LogP contribution is -2.45. The van der Waals surface area contributed by atoms with Gasteiger partial charge in [-0.3, -0.25) is 4.79 Å². The SMILES string of the molecule is CN(C(=O)CC1CNCCO1)C1CCC(C)(C)CC1. The van der Waals surface area contributed by atoms with Crippen molar-refractivity contribution < 1.29 is 9.53 Å². The highest BCUT2D eigenvalue weighted by Crippen LogP contribution is 2.36. The highest BCUT2D eigenvalue weighted by Gasteiger charge is 2.31. The van der Waals surface area contributed by atoms with E-state index in [-0.39, 0.29) is 12.0 Å². The first-order chi connectivity index (χ1) is 8.98. The molecule has 4 nitrogen and oxygen atoms in total. The lowest BCUT2D eigenvalue weighted by molar-refractivity contribution is -0.136. The number of morpholine rings is 1. The largest absolute Gasteiger partial charge is 0.375 e. The average Bonchev–Trinajstić information content (AvgIpc) is 2.39. The molecule has 1 aliphatic carbocycles. The number of carbonyl (C=O) groups excluding carboxylic acids is 1. The summed E-state index contributed by atoms with van der Waals surface area (Å²) < 4.78 is 5.61. The molecule has 0 spiro atoms. The van der Waals surface area contributed by atoms with E-state index in [1.54, 1.807) is 0 Å². The molecular formula is C15H28N2O2. The maximum Gasteiger partial charge on any atom is 0.225 e. The molecule has 4 heteroatoms. The van der Waals surface area contributed by atoms with E-state index < -0.39 is 0 Å². The van der Waals surface area contributed by atoms with Crippen LogP contribution in [0.3, 0.4) is 0 Å². The van der Waals surface area contributed by atoms with Gasteiger partial charge >= 0.3 is 0 Å². The topological polar surface area (TPSA) is 41.6 Å². The molecule has 1 heterocycles. The van der Waals surface area contributed by atoms with Crippen LogP contribution in [-0.2, 0) is 9.53 Å². The minimum atomic E-state index is 0.0590. The third-order valence-corrected chi connectivity index (χ3v) is 4.66. The van der Waals surface area contributed by atoms with Gasteiger partial charge in [-0.1, -0.05) is 13.8 Å². The highest BCUT2D eigenvalue weighted by atomic mass is 16.5. The van der Waals surface area contributed by atoms with Gasteiger partial charge in [0.2, 0.25) is 5.91 Å². The van der Waals surface area contributed by atoms with Gasteiger partial charge in [0.25, 0.3) is 0 Å². The van der Waals surface area contributed by atoms with Gasteiger partial charge in [0, 0.05) is 26.2 Å². The summed E-state index contributed by atoms with van der Waals surface area (Å²) in [6.07, 6.45) is 5.29. The zero-order valence-electron chi connectivity index (χ0n) is 12.6. The Morgan fingerprint density at radius 3 is 2.63 bits per heavy atom. The molecule has 0 aromatic carbocycles. The fraction of sp³-hybridized carbons (Fsp3) is 0.933. The zero-order chi connectivity index (χ0) is 13.9. The number of ether oxygens (including phenoxy) is 1. The molecule has 0 radical (unpaired) electrons. The fourth-order valence-electron chi connectivity index (χ4n) is 3.06. The predicted molar refractivity (Wildman–Crippen MR) is 76.0 cm³/mol. The van der Waals surface area contributed by atoms with Crippen molar-refractivity contribution in [2.75, 3.05) is 26.7 Å². The Bertz CT molecular complexity index is 301.